The molecule has 1 N–H and O–H groups in total. The van der Waals surface area contributed by atoms with Crippen molar-refractivity contribution in [3.05, 3.63) is 16.3 Å². The van der Waals surface area contributed by atoms with Gasteiger partial charge in [-0.05, 0) is 37.1 Å². The van der Waals surface area contributed by atoms with Gasteiger partial charge < -0.3 is 5.32 Å². The zero-order chi connectivity index (χ0) is 14.9. The third kappa shape index (κ3) is 3.33. The molecule has 2 aliphatic rings. The van der Waals surface area contributed by atoms with Crippen LogP contribution in [0, 0.1) is 0 Å². The number of rotatable bonds is 7. The Balaban J connectivity index is 1.80. The molecular formula is C15H24N2O2S2. The largest absolute Gasteiger partial charge is 0.309 e. The number of sulfonamides is 1. The topological polar surface area (TPSA) is 49.4 Å². The third-order valence-corrected chi connectivity index (χ3v) is 7.63. The molecule has 0 atom stereocenters. The van der Waals surface area contributed by atoms with Crippen molar-refractivity contribution in [1.82, 2.24) is 9.62 Å². The normalized spacial score (nSPS) is 20.5. The van der Waals surface area contributed by atoms with Gasteiger partial charge in [0.15, 0.2) is 0 Å². The van der Waals surface area contributed by atoms with Gasteiger partial charge in [-0.25, -0.2) is 8.42 Å². The Morgan fingerprint density at radius 1 is 1.29 bits per heavy atom. The van der Waals surface area contributed by atoms with E-state index in [1.54, 1.807) is 21.7 Å². The van der Waals surface area contributed by atoms with Crippen LogP contribution >= 0.6 is 11.3 Å². The first-order valence-electron chi connectivity index (χ1n) is 7.94. The highest BCUT2D eigenvalue weighted by atomic mass is 32.2. The van der Waals surface area contributed by atoms with Crippen LogP contribution in [0.1, 0.15) is 50.3 Å². The lowest BCUT2D eigenvalue weighted by atomic mass is 10.2. The van der Waals surface area contributed by atoms with Crippen molar-refractivity contribution >= 4 is 21.4 Å². The van der Waals surface area contributed by atoms with Gasteiger partial charge in [0.2, 0.25) is 10.0 Å². The highest BCUT2D eigenvalue weighted by molar-refractivity contribution is 7.89. The van der Waals surface area contributed by atoms with Crippen molar-refractivity contribution in [2.75, 3.05) is 6.54 Å². The summed E-state index contributed by atoms with van der Waals surface area (Å²) in [6, 6.07) is 2.57. The average molecular weight is 329 g/mol. The zero-order valence-electron chi connectivity index (χ0n) is 12.5. The second kappa shape index (κ2) is 6.36. The Labute approximate surface area is 131 Å². The molecular weight excluding hydrogens is 304 g/mol. The molecule has 1 heterocycles. The molecule has 1 aromatic rings. The summed E-state index contributed by atoms with van der Waals surface area (Å²) in [7, 11) is -3.35. The Morgan fingerprint density at radius 3 is 2.62 bits per heavy atom. The Hall–Kier alpha value is -0.430. The first-order valence-corrected chi connectivity index (χ1v) is 10.3. The minimum atomic E-state index is -3.35. The van der Waals surface area contributed by atoms with Crippen LogP contribution in [-0.4, -0.2) is 31.4 Å². The van der Waals surface area contributed by atoms with Crippen molar-refractivity contribution in [2.24, 2.45) is 0 Å². The van der Waals surface area contributed by atoms with Crippen LogP contribution in [0.15, 0.2) is 16.3 Å². The second-order valence-electron chi connectivity index (χ2n) is 6.01. The SMILES string of the molecule is CCN(C1CCCC1)S(=O)(=O)c1ccsc1CNC1CC1. The van der Waals surface area contributed by atoms with Crippen LogP contribution in [0.2, 0.25) is 0 Å². The number of hydrogen-bond acceptors (Lipinski definition) is 4. The maximum atomic E-state index is 13.0. The molecule has 0 aromatic carbocycles. The van der Waals surface area contributed by atoms with E-state index in [2.05, 4.69) is 5.32 Å². The predicted molar refractivity (Wildman–Crippen MR) is 86.0 cm³/mol. The van der Waals surface area contributed by atoms with Crippen LogP contribution in [0.5, 0.6) is 0 Å². The summed E-state index contributed by atoms with van der Waals surface area (Å²) in [5.74, 6) is 0. The standard InChI is InChI=1S/C15H24N2O2S2/c1-2-17(13-5-3-4-6-13)21(18,19)15-9-10-20-14(15)11-16-12-7-8-12/h9-10,12-13,16H,2-8,11H2,1H3. The fourth-order valence-electron chi connectivity index (χ4n) is 3.16. The molecule has 0 spiro atoms. The Bertz CT molecular complexity index is 572. The van der Waals surface area contributed by atoms with Gasteiger partial charge in [0, 0.05) is 30.1 Å². The molecule has 6 heteroatoms. The lowest BCUT2D eigenvalue weighted by molar-refractivity contribution is 0.335. The van der Waals surface area contributed by atoms with Gasteiger partial charge in [-0.3, -0.25) is 0 Å². The van der Waals surface area contributed by atoms with E-state index in [1.807, 2.05) is 12.3 Å². The predicted octanol–water partition coefficient (Wildman–Crippen LogP) is 2.95. The molecule has 0 radical (unpaired) electrons. The lowest BCUT2D eigenvalue weighted by Crippen LogP contribution is -2.38. The van der Waals surface area contributed by atoms with Gasteiger partial charge in [-0.2, -0.15) is 4.31 Å². The highest BCUT2D eigenvalue weighted by Gasteiger charge is 2.34. The lowest BCUT2D eigenvalue weighted by Gasteiger charge is -2.26. The second-order valence-corrected chi connectivity index (χ2v) is 8.87. The summed E-state index contributed by atoms with van der Waals surface area (Å²) in [6.07, 6.45) is 6.75. The molecule has 0 unspecified atom stereocenters. The summed E-state index contributed by atoms with van der Waals surface area (Å²) >= 11 is 1.55. The number of hydrogen-bond donors (Lipinski definition) is 1. The van der Waals surface area contributed by atoms with Crippen molar-refractivity contribution in [3.63, 3.8) is 0 Å². The van der Waals surface area contributed by atoms with Crippen LogP contribution in [0.3, 0.4) is 0 Å². The molecule has 2 saturated carbocycles. The minimum Gasteiger partial charge on any atom is -0.309 e. The molecule has 3 rings (SSSR count). The summed E-state index contributed by atoms with van der Waals surface area (Å²) in [5.41, 5.74) is 0. The van der Waals surface area contributed by atoms with Gasteiger partial charge in [-0.15, -0.1) is 11.3 Å². The maximum Gasteiger partial charge on any atom is 0.244 e. The Morgan fingerprint density at radius 2 is 2.00 bits per heavy atom. The average Bonchev–Trinajstić information content (AvgIpc) is 2.93. The van der Waals surface area contributed by atoms with E-state index in [0.717, 1.165) is 30.6 Å². The van der Waals surface area contributed by atoms with Gasteiger partial charge in [0.25, 0.3) is 0 Å². The van der Waals surface area contributed by atoms with Crippen molar-refractivity contribution in [2.45, 2.75) is 69.0 Å². The van der Waals surface area contributed by atoms with Crippen LogP contribution < -0.4 is 5.32 Å². The van der Waals surface area contributed by atoms with Crippen molar-refractivity contribution in [1.29, 1.82) is 0 Å². The molecule has 1 aromatic heterocycles. The third-order valence-electron chi connectivity index (χ3n) is 4.46. The summed E-state index contributed by atoms with van der Waals surface area (Å²) in [5, 5.41) is 5.33. The monoisotopic (exact) mass is 328 g/mol. The maximum absolute atomic E-state index is 13.0. The molecule has 0 bridgehead atoms. The molecule has 0 saturated heterocycles. The molecule has 21 heavy (non-hydrogen) atoms. The number of nitrogens with one attached hydrogen (secondary N) is 1. The van der Waals surface area contributed by atoms with Crippen molar-refractivity contribution < 1.29 is 8.42 Å². The van der Waals surface area contributed by atoms with E-state index in [4.69, 9.17) is 0 Å². The van der Waals surface area contributed by atoms with E-state index < -0.39 is 10.0 Å². The van der Waals surface area contributed by atoms with E-state index in [9.17, 15) is 8.42 Å². The molecule has 118 valence electrons. The molecule has 0 amide bonds. The van der Waals surface area contributed by atoms with E-state index in [-0.39, 0.29) is 6.04 Å². The van der Waals surface area contributed by atoms with Gasteiger partial charge in [-0.1, -0.05) is 19.8 Å². The highest BCUT2D eigenvalue weighted by Crippen LogP contribution is 2.32. The fourth-order valence-corrected chi connectivity index (χ4v) is 6.22. The first-order chi connectivity index (χ1) is 10.1. The van der Waals surface area contributed by atoms with Gasteiger partial charge in [0.05, 0.1) is 4.90 Å². The smallest absolute Gasteiger partial charge is 0.244 e. The quantitative estimate of drug-likeness (QED) is 0.837. The van der Waals surface area contributed by atoms with E-state index in [0.29, 0.717) is 24.0 Å². The fraction of sp³-hybridized carbons (Fsp3) is 0.733. The number of nitrogens with zero attached hydrogens (tertiary/aromatic N) is 1. The minimum absolute atomic E-state index is 0.198. The van der Waals surface area contributed by atoms with Gasteiger partial charge in [0.1, 0.15) is 0 Å². The van der Waals surface area contributed by atoms with Crippen LogP contribution in [-0.2, 0) is 16.6 Å². The summed E-state index contributed by atoms with van der Waals surface area (Å²) < 4.78 is 27.7. The first kappa shape index (κ1) is 15.5. The van der Waals surface area contributed by atoms with Gasteiger partial charge >= 0.3 is 0 Å². The Kier molecular flexibility index (Phi) is 4.69. The molecule has 2 aliphatic carbocycles. The summed E-state index contributed by atoms with van der Waals surface area (Å²) in [4.78, 5) is 1.48. The molecule has 2 fully saturated rings. The van der Waals surface area contributed by atoms with Crippen LogP contribution in [0.4, 0.5) is 0 Å². The number of thiophene rings is 1. The van der Waals surface area contributed by atoms with Crippen LogP contribution in [0.25, 0.3) is 0 Å². The molecule has 0 aliphatic heterocycles. The molecule has 4 nitrogen and oxygen atoms in total. The van der Waals surface area contributed by atoms with Crippen molar-refractivity contribution in [3.8, 4) is 0 Å². The van der Waals surface area contributed by atoms with E-state index in [1.165, 1.54) is 12.8 Å². The summed E-state index contributed by atoms with van der Waals surface area (Å²) in [6.45, 7) is 3.20. The van der Waals surface area contributed by atoms with E-state index >= 15 is 0 Å². The zero-order valence-corrected chi connectivity index (χ0v) is 14.2.